The van der Waals surface area contributed by atoms with E-state index in [1.54, 1.807) is 10.3 Å². The maximum atomic E-state index is 5.01. The summed E-state index contributed by atoms with van der Waals surface area (Å²) < 4.78 is 1.10. The van der Waals surface area contributed by atoms with Crippen LogP contribution in [0.4, 0.5) is 17.1 Å². The zero-order valence-corrected chi connectivity index (χ0v) is 17.9. The number of nitrogens with one attached hydrogen (secondary N) is 1. The molecule has 3 aromatic rings. The second-order valence-electron chi connectivity index (χ2n) is 7.27. The Balaban J connectivity index is 1.80. The number of rotatable bonds is 4. The maximum Gasteiger partial charge on any atom is 0.135 e. The molecular formula is C22H25N3S2. The van der Waals surface area contributed by atoms with Crippen LogP contribution in [0.2, 0.25) is 0 Å². The van der Waals surface area contributed by atoms with Crippen LogP contribution in [0.5, 0.6) is 0 Å². The zero-order valence-electron chi connectivity index (χ0n) is 16.2. The third kappa shape index (κ3) is 3.30. The highest BCUT2D eigenvalue weighted by atomic mass is 32.9. The van der Waals surface area contributed by atoms with Crippen LogP contribution in [0.15, 0.2) is 53.5 Å². The molecule has 140 valence electrons. The normalized spacial score (nSPS) is 15.0. The highest BCUT2D eigenvalue weighted by molar-refractivity contribution is 7.68. The van der Waals surface area contributed by atoms with Gasteiger partial charge in [0.25, 0.3) is 0 Å². The number of fused-ring (bicyclic) bond motifs is 3. The summed E-state index contributed by atoms with van der Waals surface area (Å²) in [7, 11) is 3.60. The van der Waals surface area contributed by atoms with Crippen LogP contribution in [0.3, 0.4) is 0 Å². The minimum atomic E-state index is -0.0781. The molecule has 0 saturated carbocycles. The van der Waals surface area contributed by atoms with Crippen molar-refractivity contribution in [1.29, 1.82) is 0 Å². The van der Waals surface area contributed by atoms with Crippen molar-refractivity contribution in [2.75, 3.05) is 23.3 Å². The molecule has 0 saturated heterocycles. The molecule has 0 bridgehead atoms. The Labute approximate surface area is 168 Å². The zero-order chi connectivity index (χ0) is 19.0. The standard InChI is InChI=1S/C22H25N3S2/c1-5-25(6-2)16-13-11-15(12-14-16)23-21-19-17-9-7-8-10-18(17)24-22(3,4)20(19)26-27-21/h7-14,24H,5-6H2,1-4H3. The third-order valence-electron chi connectivity index (χ3n) is 5.07. The molecule has 5 heteroatoms. The van der Waals surface area contributed by atoms with Gasteiger partial charge in [0.05, 0.1) is 16.1 Å². The van der Waals surface area contributed by atoms with Crippen LogP contribution in [-0.4, -0.2) is 13.1 Å². The highest BCUT2D eigenvalue weighted by Gasteiger charge is 2.33. The molecule has 27 heavy (non-hydrogen) atoms. The lowest BCUT2D eigenvalue weighted by molar-refractivity contribution is 0.619. The van der Waals surface area contributed by atoms with Crippen LogP contribution in [0.1, 0.15) is 32.6 Å². The van der Waals surface area contributed by atoms with Crippen molar-refractivity contribution in [3.8, 4) is 11.1 Å². The molecule has 0 atom stereocenters. The first-order chi connectivity index (χ1) is 13.0. The fourth-order valence-electron chi connectivity index (χ4n) is 3.64. The molecule has 4 rings (SSSR count). The monoisotopic (exact) mass is 395 g/mol. The van der Waals surface area contributed by atoms with Crippen LogP contribution in [0, 0.1) is 0 Å². The molecule has 2 aromatic carbocycles. The van der Waals surface area contributed by atoms with E-state index in [2.05, 4.69) is 86.4 Å². The van der Waals surface area contributed by atoms with Crippen molar-refractivity contribution < 1.29 is 0 Å². The number of nitrogens with zero attached hydrogens (tertiary/aromatic N) is 2. The van der Waals surface area contributed by atoms with Gasteiger partial charge in [-0.1, -0.05) is 38.9 Å². The highest BCUT2D eigenvalue weighted by Crippen LogP contribution is 2.45. The van der Waals surface area contributed by atoms with Crippen LogP contribution >= 0.6 is 20.7 Å². The van der Waals surface area contributed by atoms with Gasteiger partial charge in [0, 0.05) is 35.6 Å². The van der Waals surface area contributed by atoms with Gasteiger partial charge in [-0.3, -0.25) is 0 Å². The van der Waals surface area contributed by atoms with E-state index in [4.69, 9.17) is 4.99 Å². The second kappa shape index (κ2) is 7.13. The van der Waals surface area contributed by atoms with Gasteiger partial charge in [-0.15, -0.1) is 0 Å². The average molecular weight is 396 g/mol. The summed E-state index contributed by atoms with van der Waals surface area (Å²) in [5.74, 6) is 0. The number of benzene rings is 2. The Morgan fingerprint density at radius 3 is 2.37 bits per heavy atom. The smallest absolute Gasteiger partial charge is 0.135 e. The maximum absolute atomic E-state index is 5.01. The summed E-state index contributed by atoms with van der Waals surface area (Å²) in [6.07, 6.45) is 0. The first-order valence-corrected chi connectivity index (χ1v) is 11.6. The first kappa shape index (κ1) is 18.3. The molecule has 3 nitrogen and oxygen atoms in total. The quantitative estimate of drug-likeness (QED) is 0.531. The lowest BCUT2D eigenvalue weighted by Gasteiger charge is -2.33. The molecule has 1 aliphatic heterocycles. The Morgan fingerprint density at radius 1 is 0.963 bits per heavy atom. The number of para-hydroxylation sites is 1. The van der Waals surface area contributed by atoms with Gasteiger partial charge in [-0.05, 0) is 58.0 Å². The van der Waals surface area contributed by atoms with Crippen molar-refractivity contribution in [2.45, 2.75) is 33.2 Å². The van der Waals surface area contributed by atoms with E-state index in [9.17, 15) is 0 Å². The van der Waals surface area contributed by atoms with Crippen LogP contribution < -0.4 is 14.9 Å². The van der Waals surface area contributed by atoms with Gasteiger partial charge < -0.3 is 10.2 Å². The summed E-state index contributed by atoms with van der Waals surface area (Å²) in [5, 5.41) is 3.67. The molecule has 0 unspecified atom stereocenters. The summed E-state index contributed by atoms with van der Waals surface area (Å²) in [6, 6.07) is 17.1. The van der Waals surface area contributed by atoms with Crippen molar-refractivity contribution in [3.63, 3.8) is 0 Å². The van der Waals surface area contributed by atoms with Gasteiger partial charge in [0.2, 0.25) is 0 Å². The van der Waals surface area contributed by atoms with Gasteiger partial charge in [0.15, 0.2) is 0 Å². The number of anilines is 2. The fraction of sp³-hybridized carbons (Fsp3) is 0.318. The van der Waals surface area contributed by atoms with E-state index in [0.717, 1.165) is 23.4 Å². The third-order valence-corrected chi connectivity index (χ3v) is 7.71. The average Bonchev–Trinajstić information content (AvgIpc) is 3.09. The van der Waals surface area contributed by atoms with Gasteiger partial charge >= 0.3 is 0 Å². The Kier molecular flexibility index (Phi) is 4.82. The van der Waals surface area contributed by atoms with E-state index in [0.29, 0.717) is 0 Å². The lowest BCUT2D eigenvalue weighted by atomic mass is 9.90. The molecular weight excluding hydrogens is 370 g/mol. The van der Waals surface area contributed by atoms with Gasteiger partial charge in [0.1, 0.15) is 4.67 Å². The molecule has 1 aliphatic rings. The summed E-state index contributed by atoms with van der Waals surface area (Å²) in [6.45, 7) is 10.9. The van der Waals surface area contributed by atoms with Crippen molar-refractivity contribution in [1.82, 2.24) is 0 Å². The van der Waals surface area contributed by atoms with E-state index >= 15 is 0 Å². The largest absolute Gasteiger partial charge is 0.375 e. The lowest BCUT2D eigenvalue weighted by Crippen LogP contribution is -2.31. The van der Waals surface area contributed by atoms with Gasteiger partial charge in [-0.25, -0.2) is 4.99 Å². The molecule has 0 radical (unpaired) electrons. The topological polar surface area (TPSA) is 27.6 Å². The van der Waals surface area contributed by atoms with Gasteiger partial charge in [-0.2, -0.15) is 0 Å². The van der Waals surface area contributed by atoms with E-state index in [-0.39, 0.29) is 5.54 Å². The van der Waals surface area contributed by atoms with Crippen molar-refractivity contribution in [2.24, 2.45) is 4.99 Å². The molecule has 0 amide bonds. The minimum Gasteiger partial charge on any atom is -0.375 e. The molecule has 0 spiro atoms. The van der Waals surface area contributed by atoms with Crippen LogP contribution in [0.25, 0.3) is 11.1 Å². The Hall–Kier alpha value is -2.11. The minimum absolute atomic E-state index is 0.0781. The van der Waals surface area contributed by atoms with Crippen molar-refractivity contribution in [3.05, 3.63) is 58.1 Å². The van der Waals surface area contributed by atoms with E-state index in [1.165, 1.54) is 27.4 Å². The van der Waals surface area contributed by atoms with Crippen molar-refractivity contribution >= 4 is 37.7 Å². The van der Waals surface area contributed by atoms with E-state index < -0.39 is 0 Å². The molecule has 2 heterocycles. The Bertz CT molecular complexity index is 1010. The predicted octanol–water partition coefficient (Wildman–Crippen LogP) is 6.22. The molecule has 0 fully saturated rings. The first-order valence-electron chi connectivity index (χ1n) is 9.44. The predicted molar refractivity (Wildman–Crippen MR) is 120 cm³/mol. The molecule has 0 aliphatic carbocycles. The number of hydrogen-bond acceptors (Lipinski definition) is 5. The van der Waals surface area contributed by atoms with Crippen LogP contribution in [-0.2, 0) is 5.54 Å². The summed E-state index contributed by atoms with van der Waals surface area (Å²) >= 11 is 0. The second-order valence-corrected chi connectivity index (χ2v) is 9.40. The van der Waals surface area contributed by atoms with E-state index in [1.807, 2.05) is 10.3 Å². The SMILES string of the molecule is CCN(CC)c1ccc(N=c2ssc3c2-c2ccccc2NC3(C)C)cc1. The summed E-state index contributed by atoms with van der Waals surface area (Å²) in [4.78, 5) is 8.73. The summed E-state index contributed by atoms with van der Waals surface area (Å²) in [5.41, 5.74) is 5.92. The fourth-order valence-corrected chi connectivity index (χ4v) is 6.58. The number of hydrogen-bond donors (Lipinski definition) is 1. The Morgan fingerprint density at radius 2 is 1.67 bits per heavy atom. The molecule has 1 aromatic heterocycles. The molecule has 1 N–H and O–H groups in total.